The van der Waals surface area contributed by atoms with Crippen LogP contribution in [0.3, 0.4) is 0 Å². The van der Waals surface area contributed by atoms with Crippen LogP contribution in [0.5, 0.6) is 5.75 Å². The molecule has 2 aromatic carbocycles. The van der Waals surface area contributed by atoms with Crippen molar-refractivity contribution in [1.82, 2.24) is 5.32 Å². The van der Waals surface area contributed by atoms with Crippen molar-refractivity contribution < 1.29 is 14.3 Å². The Balaban J connectivity index is 1.41. The summed E-state index contributed by atoms with van der Waals surface area (Å²) in [5, 5.41) is 3.32. The minimum atomic E-state index is -0.363. The topological polar surface area (TPSA) is 57.5 Å². The van der Waals surface area contributed by atoms with Crippen LogP contribution < -0.4 is 10.1 Å². The molecule has 0 aromatic heterocycles. The quantitative estimate of drug-likeness (QED) is 0.637. The van der Waals surface area contributed by atoms with E-state index in [0.717, 1.165) is 13.0 Å². The van der Waals surface area contributed by atoms with Crippen LogP contribution >= 0.6 is 0 Å². The lowest BCUT2D eigenvalue weighted by molar-refractivity contribution is 0.0634. The Morgan fingerprint density at radius 2 is 1.81 bits per heavy atom. The van der Waals surface area contributed by atoms with E-state index in [2.05, 4.69) is 42.6 Å². The smallest absolute Gasteiger partial charge is 0.343 e. The molecule has 2 aliphatic rings. The van der Waals surface area contributed by atoms with Gasteiger partial charge in [-0.1, -0.05) is 37.3 Å². The van der Waals surface area contributed by atoms with Gasteiger partial charge in [-0.25, -0.2) is 4.79 Å². The van der Waals surface area contributed by atoms with Crippen LogP contribution in [0.15, 0.2) is 72.5 Å². The molecule has 2 unspecified atom stereocenters. The molecule has 0 spiro atoms. The SMILES string of the molecule is COc1ccc(C(=O)OC2=CCC(C)(c3ccc(C4CN4)cc3)C=C2)cc1. The maximum Gasteiger partial charge on any atom is 0.343 e. The highest BCUT2D eigenvalue weighted by Gasteiger charge is 2.27. The van der Waals surface area contributed by atoms with Gasteiger partial charge in [-0.15, -0.1) is 0 Å². The molecule has 0 bridgehead atoms. The molecule has 138 valence electrons. The molecule has 1 heterocycles. The molecule has 4 heteroatoms. The summed E-state index contributed by atoms with van der Waals surface area (Å²) in [5.41, 5.74) is 3.01. The number of allylic oxidation sites excluding steroid dienone is 3. The van der Waals surface area contributed by atoms with Crippen molar-refractivity contribution in [2.24, 2.45) is 0 Å². The average Bonchev–Trinajstić information content (AvgIpc) is 3.55. The van der Waals surface area contributed by atoms with E-state index in [4.69, 9.17) is 9.47 Å². The monoisotopic (exact) mass is 361 g/mol. The first kappa shape index (κ1) is 17.6. The van der Waals surface area contributed by atoms with Gasteiger partial charge in [0.25, 0.3) is 0 Å². The van der Waals surface area contributed by atoms with Crippen LogP contribution in [-0.2, 0) is 10.2 Å². The predicted molar refractivity (Wildman–Crippen MR) is 105 cm³/mol. The lowest BCUT2D eigenvalue weighted by Gasteiger charge is -2.28. The summed E-state index contributed by atoms with van der Waals surface area (Å²) in [6, 6.07) is 16.2. The highest BCUT2D eigenvalue weighted by atomic mass is 16.5. The third-order valence-corrected chi connectivity index (χ3v) is 5.26. The van der Waals surface area contributed by atoms with Crippen LogP contribution in [0.1, 0.15) is 40.9 Å². The van der Waals surface area contributed by atoms with E-state index in [-0.39, 0.29) is 11.4 Å². The number of carbonyl (C=O) groups is 1. The van der Waals surface area contributed by atoms with Crippen molar-refractivity contribution in [1.29, 1.82) is 0 Å². The summed E-state index contributed by atoms with van der Waals surface area (Å²) < 4.78 is 10.6. The van der Waals surface area contributed by atoms with E-state index < -0.39 is 0 Å². The van der Waals surface area contributed by atoms with Gasteiger partial charge in [0, 0.05) is 18.0 Å². The summed E-state index contributed by atoms with van der Waals surface area (Å²) in [4.78, 5) is 12.3. The number of methoxy groups -OCH3 is 1. The highest BCUT2D eigenvalue weighted by molar-refractivity contribution is 5.90. The number of nitrogens with one attached hydrogen (secondary N) is 1. The molecule has 1 aliphatic carbocycles. The largest absolute Gasteiger partial charge is 0.497 e. The van der Waals surface area contributed by atoms with Crippen LogP contribution in [0.25, 0.3) is 0 Å². The number of benzene rings is 2. The normalized spacial score (nSPS) is 23.5. The Morgan fingerprint density at radius 3 is 2.37 bits per heavy atom. The maximum absolute atomic E-state index is 12.3. The molecular formula is C23H23NO3. The third kappa shape index (κ3) is 3.81. The second kappa shape index (κ2) is 7.05. The van der Waals surface area contributed by atoms with Crippen molar-refractivity contribution in [2.45, 2.75) is 24.8 Å². The molecule has 1 aliphatic heterocycles. The molecule has 0 amide bonds. The van der Waals surface area contributed by atoms with Gasteiger partial charge >= 0.3 is 5.97 Å². The standard InChI is InChI=1S/C23H23NO3/c1-23(18-7-3-16(4-8-18)21-15-24-21)13-11-20(12-14-23)27-22(25)17-5-9-19(26-2)10-6-17/h3-13,21,24H,14-15H2,1-2H3. The zero-order valence-corrected chi connectivity index (χ0v) is 15.6. The summed E-state index contributed by atoms with van der Waals surface area (Å²) in [6.07, 6.45) is 6.78. The first-order chi connectivity index (χ1) is 13.1. The van der Waals surface area contributed by atoms with Crippen molar-refractivity contribution in [3.63, 3.8) is 0 Å². The summed E-state index contributed by atoms with van der Waals surface area (Å²) in [5.74, 6) is 0.938. The maximum atomic E-state index is 12.3. The fourth-order valence-electron chi connectivity index (χ4n) is 3.29. The Labute approximate surface area is 159 Å². The van der Waals surface area contributed by atoms with Crippen molar-refractivity contribution in [3.8, 4) is 5.75 Å². The highest BCUT2D eigenvalue weighted by Crippen LogP contribution is 2.35. The molecule has 1 saturated heterocycles. The summed E-state index contributed by atoms with van der Waals surface area (Å²) in [6.45, 7) is 3.27. The third-order valence-electron chi connectivity index (χ3n) is 5.26. The molecule has 2 atom stereocenters. The molecule has 0 saturated carbocycles. The fraction of sp³-hybridized carbons (Fsp3) is 0.261. The van der Waals surface area contributed by atoms with Crippen molar-refractivity contribution in [2.75, 3.05) is 13.7 Å². The van der Waals surface area contributed by atoms with E-state index in [9.17, 15) is 4.79 Å². The summed E-state index contributed by atoms with van der Waals surface area (Å²) in [7, 11) is 1.60. The zero-order chi connectivity index (χ0) is 18.9. The fourth-order valence-corrected chi connectivity index (χ4v) is 3.29. The Morgan fingerprint density at radius 1 is 1.11 bits per heavy atom. The van der Waals surface area contributed by atoms with E-state index in [1.165, 1.54) is 11.1 Å². The second-order valence-corrected chi connectivity index (χ2v) is 7.26. The van der Waals surface area contributed by atoms with Crippen LogP contribution in [0, 0.1) is 0 Å². The first-order valence-electron chi connectivity index (χ1n) is 9.17. The van der Waals surface area contributed by atoms with E-state index >= 15 is 0 Å². The van der Waals surface area contributed by atoms with Gasteiger partial charge in [-0.3, -0.25) is 0 Å². The molecule has 4 rings (SSSR count). The molecule has 27 heavy (non-hydrogen) atoms. The van der Waals surface area contributed by atoms with Gasteiger partial charge in [-0.2, -0.15) is 0 Å². The minimum Gasteiger partial charge on any atom is -0.497 e. The predicted octanol–water partition coefficient (Wildman–Crippen LogP) is 4.30. The minimum absolute atomic E-state index is 0.0917. The van der Waals surface area contributed by atoms with Gasteiger partial charge in [0.2, 0.25) is 0 Å². The Kier molecular flexibility index (Phi) is 4.58. The van der Waals surface area contributed by atoms with Crippen LogP contribution in [-0.4, -0.2) is 19.6 Å². The molecule has 4 nitrogen and oxygen atoms in total. The van der Waals surface area contributed by atoms with Gasteiger partial charge in [0.15, 0.2) is 0 Å². The molecule has 2 aromatic rings. The van der Waals surface area contributed by atoms with E-state index in [1.54, 1.807) is 31.4 Å². The number of hydrogen-bond acceptors (Lipinski definition) is 4. The van der Waals surface area contributed by atoms with Crippen molar-refractivity contribution in [3.05, 3.63) is 89.2 Å². The van der Waals surface area contributed by atoms with Gasteiger partial charge in [0.05, 0.1) is 12.7 Å². The number of rotatable bonds is 5. The zero-order valence-electron chi connectivity index (χ0n) is 15.6. The molecule has 1 fully saturated rings. The van der Waals surface area contributed by atoms with Crippen LogP contribution in [0.2, 0.25) is 0 Å². The molecular weight excluding hydrogens is 338 g/mol. The van der Waals surface area contributed by atoms with E-state index in [1.807, 2.05) is 12.2 Å². The number of ether oxygens (including phenoxy) is 2. The number of hydrogen-bond donors (Lipinski definition) is 1. The Bertz CT molecular complexity index is 892. The second-order valence-electron chi connectivity index (χ2n) is 7.26. The first-order valence-corrected chi connectivity index (χ1v) is 9.17. The van der Waals surface area contributed by atoms with Gasteiger partial charge < -0.3 is 14.8 Å². The van der Waals surface area contributed by atoms with Crippen LogP contribution in [0.4, 0.5) is 0 Å². The molecule has 0 radical (unpaired) electrons. The molecule has 1 N–H and O–H groups in total. The van der Waals surface area contributed by atoms with Gasteiger partial charge in [-0.05, 0) is 54.0 Å². The average molecular weight is 361 g/mol. The lowest BCUT2D eigenvalue weighted by Crippen LogP contribution is -2.21. The van der Waals surface area contributed by atoms with Gasteiger partial charge in [0.1, 0.15) is 11.5 Å². The number of esters is 1. The Hall–Kier alpha value is -2.85. The number of carbonyl (C=O) groups excluding carboxylic acids is 1. The summed E-state index contributed by atoms with van der Waals surface area (Å²) >= 11 is 0. The van der Waals surface area contributed by atoms with E-state index in [0.29, 0.717) is 23.1 Å². The lowest BCUT2D eigenvalue weighted by atomic mass is 9.77. The van der Waals surface area contributed by atoms with Crippen molar-refractivity contribution >= 4 is 5.97 Å².